The lowest BCUT2D eigenvalue weighted by molar-refractivity contribution is -0.120. The van der Waals surface area contributed by atoms with E-state index in [4.69, 9.17) is 6.42 Å². The van der Waals surface area contributed by atoms with Crippen molar-refractivity contribution in [3.63, 3.8) is 0 Å². The molecule has 120 valence electrons. The SMILES string of the molecule is C#CCn1nc(CNC(=O)Cc2cccs2)c2ccccc2c1=O. The minimum absolute atomic E-state index is 0.0852. The summed E-state index contributed by atoms with van der Waals surface area (Å²) < 4.78 is 1.25. The number of carbonyl (C=O) groups is 1. The first-order valence-corrected chi connectivity index (χ1v) is 8.28. The van der Waals surface area contributed by atoms with Crippen LogP contribution in [0.5, 0.6) is 0 Å². The lowest BCUT2D eigenvalue weighted by atomic mass is 10.1. The summed E-state index contributed by atoms with van der Waals surface area (Å²) >= 11 is 1.54. The highest BCUT2D eigenvalue weighted by atomic mass is 32.1. The van der Waals surface area contributed by atoms with Crippen LogP contribution >= 0.6 is 11.3 Å². The summed E-state index contributed by atoms with van der Waals surface area (Å²) in [5, 5.41) is 10.4. The van der Waals surface area contributed by atoms with Gasteiger partial charge in [-0.25, -0.2) is 4.68 Å². The van der Waals surface area contributed by atoms with E-state index in [0.717, 1.165) is 10.3 Å². The van der Waals surface area contributed by atoms with Gasteiger partial charge < -0.3 is 5.32 Å². The van der Waals surface area contributed by atoms with Crippen molar-refractivity contribution in [2.24, 2.45) is 0 Å². The molecule has 0 aliphatic carbocycles. The average molecular weight is 337 g/mol. The van der Waals surface area contributed by atoms with Gasteiger partial charge in [-0.3, -0.25) is 9.59 Å². The fourth-order valence-corrected chi connectivity index (χ4v) is 3.15. The first-order chi connectivity index (χ1) is 11.7. The number of rotatable bonds is 5. The van der Waals surface area contributed by atoms with Crippen LogP contribution in [0.1, 0.15) is 10.6 Å². The van der Waals surface area contributed by atoms with Gasteiger partial charge in [-0.2, -0.15) is 5.10 Å². The summed E-state index contributed by atoms with van der Waals surface area (Å²) in [6, 6.07) is 11.0. The number of terminal acetylenes is 1. The van der Waals surface area contributed by atoms with Crippen LogP contribution in [0.3, 0.4) is 0 Å². The number of hydrogen-bond donors (Lipinski definition) is 1. The van der Waals surface area contributed by atoms with Crippen LogP contribution in [0.4, 0.5) is 0 Å². The minimum atomic E-state index is -0.225. The van der Waals surface area contributed by atoms with E-state index >= 15 is 0 Å². The predicted octanol–water partition coefficient (Wildman–Crippen LogP) is 1.95. The second kappa shape index (κ2) is 7.11. The third kappa shape index (κ3) is 3.36. The normalized spacial score (nSPS) is 10.5. The van der Waals surface area contributed by atoms with Crippen molar-refractivity contribution in [1.29, 1.82) is 0 Å². The Bertz CT molecular complexity index is 968. The molecule has 5 nitrogen and oxygen atoms in total. The van der Waals surface area contributed by atoms with Gasteiger partial charge in [-0.05, 0) is 17.5 Å². The van der Waals surface area contributed by atoms with Gasteiger partial charge in [0.25, 0.3) is 5.56 Å². The molecule has 0 spiro atoms. The van der Waals surface area contributed by atoms with Gasteiger partial charge >= 0.3 is 0 Å². The van der Waals surface area contributed by atoms with E-state index in [2.05, 4.69) is 16.3 Å². The molecular formula is C18H15N3O2S. The van der Waals surface area contributed by atoms with Crippen molar-refractivity contribution >= 4 is 28.0 Å². The number of amides is 1. The van der Waals surface area contributed by atoms with Crippen LogP contribution in [-0.4, -0.2) is 15.7 Å². The highest BCUT2D eigenvalue weighted by Crippen LogP contribution is 2.13. The Balaban J connectivity index is 1.86. The van der Waals surface area contributed by atoms with Crippen LogP contribution < -0.4 is 10.9 Å². The third-order valence-electron chi connectivity index (χ3n) is 3.55. The molecule has 0 radical (unpaired) electrons. The first kappa shape index (κ1) is 16.0. The zero-order chi connectivity index (χ0) is 16.9. The summed E-state index contributed by atoms with van der Waals surface area (Å²) in [5.41, 5.74) is 0.400. The van der Waals surface area contributed by atoms with E-state index in [0.29, 0.717) is 17.5 Å². The van der Waals surface area contributed by atoms with Crippen molar-refractivity contribution in [2.75, 3.05) is 0 Å². The molecule has 1 aromatic carbocycles. The molecule has 3 rings (SSSR count). The number of fused-ring (bicyclic) bond motifs is 1. The minimum Gasteiger partial charge on any atom is -0.350 e. The summed E-state index contributed by atoms with van der Waals surface area (Å²) in [6.07, 6.45) is 5.64. The zero-order valence-electron chi connectivity index (χ0n) is 12.9. The molecule has 1 N–H and O–H groups in total. The highest BCUT2D eigenvalue weighted by Gasteiger charge is 2.11. The van der Waals surface area contributed by atoms with Gasteiger partial charge in [0, 0.05) is 10.3 Å². The Morgan fingerprint density at radius 2 is 2.04 bits per heavy atom. The van der Waals surface area contributed by atoms with E-state index in [9.17, 15) is 9.59 Å². The van der Waals surface area contributed by atoms with E-state index in [1.54, 1.807) is 23.5 Å². The largest absolute Gasteiger partial charge is 0.350 e. The Labute approximate surface area is 142 Å². The van der Waals surface area contributed by atoms with Gasteiger partial charge in [-0.1, -0.05) is 30.2 Å². The second-order valence-electron chi connectivity index (χ2n) is 5.19. The average Bonchev–Trinajstić information content (AvgIpc) is 3.09. The number of carbonyl (C=O) groups excluding carboxylic acids is 1. The van der Waals surface area contributed by atoms with Crippen LogP contribution in [0, 0.1) is 12.3 Å². The lowest BCUT2D eigenvalue weighted by Crippen LogP contribution is -2.29. The molecule has 0 saturated heterocycles. The number of benzene rings is 1. The predicted molar refractivity (Wildman–Crippen MR) is 94.7 cm³/mol. The Hall–Kier alpha value is -2.91. The summed E-state index contributed by atoms with van der Waals surface area (Å²) in [6.45, 7) is 0.343. The van der Waals surface area contributed by atoms with E-state index < -0.39 is 0 Å². The van der Waals surface area contributed by atoms with Crippen molar-refractivity contribution in [3.8, 4) is 12.3 Å². The molecule has 0 atom stereocenters. The fraction of sp³-hybridized carbons (Fsp3) is 0.167. The molecule has 0 fully saturated rings. The zero-order valence-corrected chi connectivity index (χ0v) is 13.7. The molecule has 0 aliphatic rings. The number of nitrogens with one attached hydrogen (secondary N) is 1. The standard InChI is InChI=1S/C18H15N3O2S/c1-2-9-21-18(23)15-8-4-3-7-14(15)16(20-21)12-19-17(22)11-13-6-5-10-24-13/h1,3-8,10H,9,11-12H2,(H,19,22). The molecule has 1 amide bonds. The monoisotopic (exact) mass is 337 g/mol. The molecule has 6 heteroatoms. The van der Waals surface area contributed by atoms with Crippen LogP contribution in [-0.2, 0) is 24.3 Å². The van der Waals surface area contributed by atoms with Gasteiger partial charge in [0.05, 0.1) is 24.0 Å². The highest BCUT2D eigenvalue weighted by molar-refractivity contribution is 7.10. The molecule has 2 aromatic heterocycles. The van der Waals surface area contributed by atoms with Gasteiger partial charge in [0.15, 0.2) is 0 Å². The molecule has 2 heterocycles. The number of aromatic nitrogens is 2. The second-order valence-corrected chi connectivity index (χ2v) is 6.22. The van der Waals surface area contributed by atoms with Crippen LogP contribution in [0.15, 0.2) is 46.6 Å². The summed E-state index contributed by atoms with van der Waals surface area (Å²) in [7, 11) is 0. The summed E-state index contributed by atoms with van der Waals surface area (Å²) in [4.78, 5) is 25.4. The van der Waals surface area contributed by atoms with Crippen molar-refractivity contribution in [2.45, 2.75) is 19.5 Å². The van der Waals surface area contributed by atoms with Gasteiger partial charge in [0.1, 0.15) is 6.54 Å². The maximum Gasteiger partial charge on any atom is 0.275 e. The maximum atomic E-state index is 12.3. The topological polar surface area (TPSA) is 64.0 Å². The Morgan fingerprint density at radius 1 is 1.25 bits per heavy atom. The van der Waals surface area contributed by atoms with E-state index in [1.807, 2.05) is 29.6 Å². The number of nitrogens with zero attached hydrogens (tertiary/aromatic N) is 2. The quantitative estimate of drug-likeness (QED) is 0.724. The molecule has 0 unspecified atom stereocenters. The van der Waals surface area contributed by atoms with E-state index in [1.165, 1.54) is 4.68 Å². The van der Waals surface area contributed by atoms with Crippen molar-refractivity contribution in [3.05, 3.63) is 62.7 Å². The van der Waals surface area contributed by atoms with Crippen LogP contribution in [0.25, 0.3) is 10.8 Å². The van der Waals surface area contributed by atoms with Crippen LogP contribution in [0.2, 0.25) is 0 Å². The smallest absolute Gasteiger partial charge is 0.275 e. The molecule has 0 bridgehead atoms. The maximum absolute atomic E-state index is 12.3. The molecule has 0 saturated carbocycles. The molecule has 3 aromatic rings. The van der Waals surface area contributed by atoms with Crippen molar-refractivity contribution in [1.82, 2.24) is 15.1 Å². The van der Waals surface area contributed by atoms with Crippen molar-refractivity contribution < 1.29 is 4.79 Å². The van der Waals surface area contributed by atoms with E-state index in [-0.39, 0.29) is 24.6 Å². The summed E-state index contributed by atoms with van der Waals surface area (Å²) in [5.74, 6) is 2.34. The first-order valence-electron chi connectivity index (χ1n) is 7.40. The molecule has 24 heavy (non-hydrogen) atoms. The van der Waals surface area contributed by atoms with Gasteiger partial charge in [0.2, 0.25) is 5.91 Å². The fourth-order valence-electron chi connectivity index (χ4n) is 2.45. The molecule has 0 aliphatic heterocycles. The van der Waals surface area contributed by atoms with Gasteiger partial charge in [-0.15, -0.1) is 17.8 Å². The number of hydrogen-bond acceptors (Lipinski definition) is 4. The Kier molecular flexibility index (Phi) is 4.73. The third-order valence-corrected chi connectivity index (χ3v) is 4.43. The Morgan fingerprint density at radius 3 is 2.75 bits per heavy atom. The lowest BCUT2D eigenvalue weighted by Gasteiger charge is -2.10. The molecular weight excluding hydrogens is 322 g/mol. The number of thiophene rings is 1.